The van der Waals surface area contributed by atoms with Crippen molar-refractivity contribution in [2.24, 2.45) is 11.8 Å². The topological polar surface area (TPSA) is 104 Å². The molecule has 1 aliphatic rings. The first-order valence-electron chi connectivity index (χ1n) is 10.7. The van der Waals surface area contributed by atoms with Crippen LogP contribution in [-0.4, -0.2) is 52.7 Å². The van der Waals surface area contributed by atoms with Crippen molar-refractivity contribution in [3.8, 4) is 0 Å². The Hall–Kier alpha value is -2.30. The number of aromatic amines is 1. The van der Waals surface area contributed by atoms with Gasteiger partial charge in [0.25, 0.3) is 5.56 Å². The standard InChI is InChI=1S/C20H32F3N5O3/c1-4-5-9-27(15(29)12-26-8-6-7-14(11-26)20(21,22)23)16-17(24)28(10-13(2)3)19(31)25-18(16)30/h13-14H,4-12,24H2,1-3H3,(H,25,30,31). The lowest BCUT2D eigenvalue weighted by molar-refractivity contribution is -0.187. The second-order valence-corrected chi connectivity index (χ2v) is 8.51. The molecule has 1 fully saturated rings. The van der Waals surface area contributed by atoms with Gasteiger partial charge in [0.2, 0.25) is 5.91 Å². The van der Waals surface area contributed by atoms with Crippen LogP contribution in [0, 0.1) is 11.8 Å². The van der Waals surface area contributed by atoms with E-state index < -0.39 is 29.3 Å². The molecular formula is C20H32F3N5O3. The number of unbranched alkanes of at least 4 members (excludes halogenated alkanes) is 1. The number of likely N-dealkylation sites (tertiary alicyclic amines) is 1. The van der Waals surface area contributed by atoms with Crippen LogP contribution >= 0.6 is 0 Å². The maximum atomic E-state index is 13.1. The Kier molecular flexibility index (Phi) is 8.33. The van der Waals surface area contributed by atoms with Crippen LogP contribution in [0.1, 0.15) is 46.5 Å². The number of H-pyrrole nitrogens is 1. The number of hydrogen-bond donors (Lipinski definition) is 2. The molecule has 1 unspecified atom stereocenters. The Morgan fingerprint density at radius 3 is 2.58 bits per heavy atom. The molecule has 0 radical (unpaired) electrons. The molecule has 0 aromatic carbocycles. The highest BCUT2D eigenvalue weighted by Crippen LogP contribution is 2.33. The van der Waals surface area contributed by atoms with Crippen LogP contribution in [0.4, 0.5) is 24.7 Å². The van der Waals surface area contributed by atoms with E-state index in [1.54, 1.807) is 0 Å². The van der Waals surface area contributed by atoms with Gasteiger partial charge in [-0.15, -0.1) is 0 Å². The van der Waals surface area contributed by atoms with E-state index in [9.17, 15) is 27.6 Å². The van der Waals surface area contributed by atoms with Crippen LogP contribution in [0.25, 0.3) is 0 Å². The molecule has 176 valence electrons. The number of piperidine rings is 1. The first-order valence-corrected chi connectivity index (χ1v) is 10.7. The van der Waals surface area contributed by atoms with E-state index in [2.05, 4.69) is 4.98 Å². The van der Waals surface area contributed by atoms with Crippen molar-refractivity contribution in [1.29, 1.82) is 0 Å². The molecule has 1 aromatic heterocycles. The molecule has 3 N–H and O–H groups in total. The van der Waals surface area contributed by atoms with E-state index in [4.69, 9.17) is 5.73 Å². The molecule has 1 aliphatic heterocycles. The molecule has 0 spiro atoms. The summed E-state index contributed by atoms with van der Waals surface area (Å²) < 4.78 is 40.6. The minimum atomic E-state index is -4.31. The fourth-order valence-electron chi connectivity index (χ4n) is 3.81. The molecule has 2 heterocycles. The first kappa shape index (κ1) is 25.0. The monoisotopic (exact) mass is 447 g/mol. The van der Waals surface area contributed by atoms with Crippen LogP contribution in [0.5, 0.6) is 0 Å². The number of nitrogens with zero attached hydrogens (tertiary/aromatic N) is 3. The van der Waals surface area contributed by atoms with E-state index in [0.29, 0.717) is 19.4 Å². The number of aromatic nitrogens is 2. The molecule has 2 rings (SSSR count). The molecule has 1 amide bonds. The lowest BCUT2D eigenvalue weighted by Crippen LogP contribution is -2.49. The number of nitrogens with two attached hydrogens (primary N) is 1. The van der Waals surface area contributed by atoms with E-state index >= 15 is 0 Å². The van der Waals surface area contributed by atoms with Crippen molar-refractivity contribution in [2.75, 3.05) is 36.8 Å². The van der Waals surface area contributed by atoms with Gasteiger partial charge >= 0.3 is 11.9 Å². The highest BCUT2D eigenvalue weighted by atomic mass is 19.4. The SMILES string of the molecule is CCCCN(C(=O)CN1CCCC(C(F)(F)F)C1)c1c(N)n(CC(C)C)c(=O)[nH]c1=O. The smallest absolute Gasteiger partial charge is 0.383 e. The zero-order valence-corrected chi connectivity index (χ0v) is 18.3. The van der Waals surface area contributed by atoms with Gasteiger partial charge in [0.1, 0.15) is 5.82 Å². The predicted molar refractivity (Wildman–Crippen MR) is 113 cm³/mol. The maximum absolute atomic E-state index is 13.1. The zero-order chi connectivity index (χ0) is 23.3. The normalized spacial score (nSPS) is 17.8. The van der Waals surface area contributed by atoms with E-state index in [1.165, 1.54) is 14.4 Å². The fraction of sp³-hybridized carbons (Fsp3) is 0.750. The Morgan fingerprint density at radius 2 is 2.00 bits per heavy atom. The number of nitrogen functional groups attached to an aromatic ring is 1. The van der Waals surface area contributed by atoms with Gasteiger partial charge in [-0.1, -0.05) is 27.2 Å². The van der Waals surface area contributed by atoms with Crippen molar-refractivity contribution < 1.29 is 18.0 Å². The molecule has 1 atom stereocenters. The van der Waals surface area contributed by atoms with Crippen LogP contribution in [-0.2, 0) is 11.3 Å². The molecule has 0 aliphatic carbocycles. The van der Waals surface area contributed by atoms with Gasteiger partial charge in [0, 0.05) is 19.6 Å². The van der Waals surface area contributed by atoms with Crippen LogP contribution < -0.4 is 21.9 Å². The Morgan fingerprint density at radius 1 is 1.32 bits per heavy atom. The van der Waals surface area contributed by atoms with Crippen molar-refractivity contribution in [3.05, 3.63) is 20.8 Å². The Bertz CT molecular complexity index is 878. The summed E-state index contributed by atoms with van der Waals surface area (Å²) in [7, 11) is 0. The number of nitrogens with one attached hydrogen (secondary N) is 1. The molecule has 1 aromatic rings. The number of anilines is 2. The van der Waals surface area contributed by atoms with Crippen molar-refractivity contribution in [1.82, 2.24) is 14.5 Å². The van der Waals surface area contributed by atoms with Crippen LogP contribution in [0.3, 0.4) is 0 Å². The highest BCUT2D eigenvalue weighted by Gasteiger charge is 2.42. The summed E-state index contributed by atoms with van der Waals surface area (Å²) in [4.78, 5) is 42.8. The van der Waals surface area contributed by atoms with Gasteiger partial charge in [-0.25, -0.2) is 4.79 Å². The summed E-state index contributed by atoms with van der Waals surface area (Å²) in [5.41, 5.74) is 4.58. The summed E-state index contributed by atoms with van der Waals surface area (Å²) in [6.07, 6.45) is -2.63. The first-order chi connectivity index (χ1) is 14.5. The van der Waals surface area contributed by atoms with Crippen molar-refractivity contribution in [2.45, 2.75) is 59.2 Å². The highest BCUT2D eigenvalue weighted by molar-refractivity contribution is 5.96. The van der Waals surface area contributed by atoms with Gasteiger partial charge in [-0.3, -0.25) is 24.0 Å². The third-order valence-corrected chi connectivity index (χ3v) is 5.40. The summed E-state index contributed by atoms with van der Waals surface area (Å²) >= 11 is 0. The number of carbonyl (C=O) groups is 1. The third kappa shape index (κ3) is 6.34. The van der Waals surface area contributed by atoms with Gasteiger partial charge in [-0.2, -0.15) is 13.2 Å². The van der Waals surface area contributed by atoms with E-state index in [1.807, 2.05) is 20.8 Å². The number of halogens is 3. The van der Waals surface area contributed by atoms with E-state index in [0.717, 1.165) is 6.42 Å². The molecule has 0 saturated carbocycles. The summed E-state index contributed by atoms with van der Waals surface area (Å²) in [5.74, 6) is -2.03. The summed E-state index contributed by atoms with van der Waals surface area (Å²) in [6.45, 7) is 5.97. The van der Waals surface area contributed by atoms with Gasteiger partial charge < -0.3 is 10.6 Å². The largest absolute Gasteiger partial charge is 0.393 e. The summed E-state index contributed by atoms with van der Waals surface area (Å²) in [6, 6.07) is 0. The van der Waals surface area contributed by atoms with Crippen LogP contribution in [0.2, 0.25) is 0 Å². The predicted octanol–water partition coefficient (Wildman–Crippen LogP) is 2.18. The molecule has 8 nitrogen and oxygen atoms in total. The number of alkyl halides is 3. The van der Waals surface area contributed by atoms with Crippen molar-refractivity contribution >= 4 is 17.4 Å². The average Bonchev–Trinajstić information content (AvgIpc) is 2.66. The fourth-order valence-corrected chi connectivity index (χ4v) is 3.81. The lowest BCUT2D eigenvalue weighted by atomic mass is 9.97. The van der Waals surface area contributed by atoms with Crippen LogP contribution in [0.15, 0.2) is 9.59 Å². The number of amides is 1. The molecule has 11 heteroatoms. The Balaban J connectivity index is 2.34. The lowest BCUT2D eigenvalue weighted by Gasteiger charge is -2.34. The Labute approximate surface area is 179 Å². The minimum absolute atomic E-state index is 0.0422. The third-order valence-electron chi connectivity index (χ3n) is 5.40. The van der Waals surface area contributed by atoms with E-state index in [-0.39, 0.29) is 50.0 Å². The second-order valence-electron chi connectivity index (χ2n) is 8.51. The number of carbonyl (C=O) groups excluding carboxylic acids is 1. The molecule has 1 saturated heterocycles. The molecular weight excluding hydrogens is 415 g/mol. The molecule has 0 bridgehead atoms. The second kappa shape index (κ2) is 10.3. The van der Waals surface area contributed by atoms with Crippen molar-refractivity contribution in [3.63, 3.8) is 0 Å². The van der Waals surface area contributed by atoms with Gasteiger partial charge in [0.05, 0.1) is 12.5 Å². The zero-order valence-electron chi connectivity index (χ0n) is 18.3. The number of hydrogen-bond acceptors (Lipinski definition) is 5. The summed E-state index contributed by atoms with van der Waals surface area (Å²) in [5, 5.41) is 0. The molecule has 31 heavy (non-hydrogen) atoms. The number of rotatable bonds is 8. The maximum Gasteiger partial charge on any atom is 0.393 e. The average molecular weight is 448 g/mol. The van der Waals surface area contributed by atoms with Gasteiger partial charge in [-0.05, 0) is 31.7 Å². The minimum Gasteiger partial charge on any atom is -0.383 e. The quantitative estimate of drug-likeness (QED) is 0.636. The van der Waals surface area contributed by atoms with Gasteiger partial charge in [0.15, 0.2) is 5.69 Å².